The number of hydrogen-bond acceptors (Lipinski definition) is 5. The van der Waals surface area contributed by atoms with Crippen LogP contribution in [-0.2, 0) is 11.2 Å². The van der Waals surface area contributed by atoms with Gasteiger partial charge in [-0.15, -0.1) is 0 Å². The summed E-state index contributed by atoms with van der Waals surface area (Å²) < 4.78 is 1.20. The van der Waals surface area contributed by atoms with E-state index in [1.54, 1.807) is 17.5 Å². The van der Waals surface area contributed by atoms with Crippen molar-refractivity contribution in [2.75, 3.05) is 10.2 Å². The maximum Gasteiger partial charge on any atom is 0.232 e. The number of aromatic nitrogens is 2. The second kappa shape index (κ2) is 5.27. The third kappa shape index (κ3) is 2.17. The molecule has 120 valence electrons. The number of pyridine rings is 1. The van der Waals surface area contributed by atoms with Gasteiger partial charge in [0.2, 0.25) is 5.91 Å². The van der Waals surface area contributed by atoms with E-state index in [4.69, 9.17) is 0 Å². The summed E-state index contributed by atoms with van der Waals surface area (Å²) in [7, 11) is 0. The molecule has 6 heteroatoms. The fourth-order valence-corrected chi connectivity index (χ4v) is 4.50. The smallest absolute Gasteiger partial charge is 0.232 e. The summed E-state index contributed by atoms with van der Waals surface area (Å²) in [5.41, 5.74) is 2.08. The Balaban J connectivity index is 1.28. The lowest BCUT2D eigenvalue weighted by Crippen LogP contribution is -2.51. The number of fused-ring (bicyclic) bond motifs is 2. The van der Waals surface area contributed by atoms with Gasteiger partial charge in [0.25, 0.3) is 0 Å². The van der Waals surface area contributed by atoms with Crippen molar-refractivity contribution in [2.45, 2.75) is 31.3 Å². The summed E-state index contributed by atoms with van der Waals surface area (Å²) in [4.78, 5) is 23.2. The Bertz CT molecular complexity index is 898. The van der Waals surface area contributed by atoms with Gasteiger partial charge in [0, 0.05) is 23.8 Å². The average Bonchev–Trinajstić information content (AvgIpc) is 3.10. The van der Waals surface area contributed by atoms with Crippen molar-refractivity contribution < 1.29 is 4.79 Å². The molecule has 5 rings (SSSR count). The number of benzene rings is 1. The average molecular weight is 336 g/mol. The van der Waals surface area contributed by atoms with Gasteiger partial charge in [-0.1, -0.05) is 29.5 Å². The Labute approximate surface area is 143 Å². The van der Waals surface area contributed by atoms with E-state index in [1.807, 2.05) is 35.2 Å². The van der Waals surface area contributed by atoms with Crippen LogP contribution in [0.1, 0.15) is 18.4 Å². The molecule has 0 atom stereocenters. The largest absolute Gasteiger partial charge is 0.359 e. The number of thiazole rings is 1. The number of para-hydroxylation sites is 1. The van der Waals surface area contributed by atoms with Crippen LogP contribution in [0.4, 0.5) is 10.9 Å². The Hall–Kier alpha value is -2.47. The molecule has 1 N–H and O–H groups in total. The molecule has 0 spiro atoms. The molecule has 1 amide bonds. The number of amides is 1. The molecule has 1 saturated carbocycles. The summed E-state index contributed by atoms with van der Waals surface area (Å²) in [5, 5.41) is 4.47. The number of rotatable bonds is 3. The highest BCUT2D eigenvalue weighted by molar-refractivity contribution is 7.22. The Morgan fingerprint density at radius 1 is 1.17 bits per heavy atom. The minimum absolute atomic E-state index is 0.173. The van der Waals surface area contributed by atoms with E-state index in [9.17, 15) is 4.79 Å². The molecule has 0 saturated heterocycles. The van der Waals surface area contributed by atoms with Gasteiger partial charge in [0.15, 0.2) is 5.13 Å². The highest BCUT2D eigenvalue weighted by Crippen LogP contribution is 2.37. The van der Waals surface area contributed by atoms with Gasteiger partial charge in [-0.05, 0) is 31.0 Å². The lowest BCUT2D eigenvalue weighted by molar-refractivity contribution is -0.118. The fraction of sp³-hybridized carbons (Fsp3) is 0.278. The molecule has 1 aliphatic carbocycles. The van der Waals surface area contributed by atoms with Gasteiger partial charge < -0.3 is 5.32 Å². The van der Waals surface area contributed by atoms with Crippen molar-refractivity contribution >= 4 is 38.4 Å². The molecule has 24 heavy (non-hydrogen) atoms. The molecule has 0 radical (unpaired) electrons. The molecule has 2 aromatic heterocycles. The molecule has 3 heterocycles. The first kappa shape index (κ1) is 13.9. The van der Waals surface area contributed by atoms with Crippen LogP contribution in [-0.4, -0.2) is 28.0 Å². The van der Waals surface area contributed by atoms with Crippen LogP contribution in [0.3, 0.4) is 0 Å². The number of nitrogens with zero attached hydrogens (tertiary/aromatic N) is 3. The normalized spacial score (nSPS) is 22.5. The first-order chi connectivity index (χ1) is 11.8. The molecule has 5 nitrogen and oxygen atoms in total. The molecule has 1 fully saturated rings. The van der Waals surface area contributed by atoms with Crippen LogP contribution in [0, 0.1) is 0 Å². The monoisotopic (exact) mass is 336 g/mol. The minimum atomic E-state index is 0.173. The number of carbonyl (C=O) groups is 1. The SMILES string of the molecule is O=C1Cc2cccnc2N1[C@H]1C[C@H](Nc2nc3ccccc3s2)C1. The van der Waals surface area contributed by atoms with Gasteiger partial charge in [-0.25, -0.2) is 9.97 Å². The Morgan fingerprint density at radius 2 is 2.04 bits per heavy atom. The van der Waals surface area contributed by atoms with E-state index < -0.39 is 0 Å². The number of nitrogens with one attached hydrogen (secondary N) is 1. The molecule has 3 aromatic rings. The van der Waals surface area contributed by atoms with Crippen LogP contribution in [0.15, 0.2) is 42.6 Å². The molecule has 2 aliphatic rings. The zero-order chi connectivity index (χ0) is 16.1. The van der Waals surface area contributed by atoms with Crippen molar-refractivity contribution in [3.8, 4) is 0 Å². The number of carbonyl (C=O) groups excluding carboxylic acids is 1. The number of anilines is 2. The van der Waals surface area contributed by atoms with E-state index in [2.05, 4.69) is 21.4 Å². The topological polar surface area (TPSA) is 58.1 Å². The fourth-order valence-electron chi connectivity index (χ4n) is 3.55. The summed E-state index contributed by atoms with van der Waals surface area (Å²) >= 11 is 1.68. The highest BCUT2D eigenvalue weighted by atomic mass is 32.1. The van der Waals surface area contributed by atoms with Crippen molar-refractivity contribution in [1.82, 2.24) is 9.97 Å². The second-order valence-corrected chi connectivity index (χ2v) is 7.41. The van der Waals surface area contributed by atoms with Gasteiger partial charge >= 0.3 is 0 Å². The minimum Gasteiger partial charge on any atom is -0.359 e. The van der Waals surface area contributed by atoms with Gasteiger partial charge in [-0.3, -0.25) is 9.69 Å². The first-order valence-electron chi connectivity index (χ1n) is 8.16. The highest BCUT2D eigenvalue weighted by Gasteiger charge is 2.41. The predicted molar refractivity (Wildman–Crippen MR) is 95.5 cm³/mol. The van der Waals surface area contributed by atoms with Crippen molar-refractivity contribution in [2.24, 2.45) is 0 Å². The zero-order valence-corrected chi connectivity index (χ0v) is 13.8. The molecule has 1 aromatic carbocycles. The van der Waals surface area contributed by atoms with Crippen LogP contribution in [0.5, 0.6) is 0 Å². The van der Waals surface area contributed by atoms with Crippen LogP contribution in [0.25, 0.3) is 10.2 Å². The maximum atomic E-state index is 12.3. The molecular weight excluding hydrogens is 320 g/mol. The van der Waals surface area contributed by atoms with E-state index in [1.165, 1.54) is 4.70 Å². The van der Waals surface area contributed by atoms with Crippen molar-refractivity contribution in [3.63, 3.8) is 0 Å². The first-order valence-corrected chi connectivity index (χ1v) is 8.97. The quantitative estimate of drug-likeness (QED) is 0.798. The van der Waals surface area contributed by atoms with Gasteiger partial charge in [0.05, 0.1) is 16.6 Å². The second-order valence-electron chi connectivity index (χ2n) is 6.38. The van der Waals surface area contributed by atoms with E-state index >= 15 is 0 Å². The molecule has 1 aliphatic heterocycles. The molecule has 0 unspecified atom stereocenters. The van der Waals surface area contributed by atoms with Crippen LogP contribution < -0.4 is 10.2 Å². The Kier molecular flexibility index (Phi) is 3.06. The van der Waals surface area contributed by atoms with Crippen LogP contribution in [0.2, 0.25) is 0 Å². The lowest BCUT2D eigenvalue weighted by atomic mass is 9.85. The zero-order valence-electron chi connectivity index (χ0n) is 13.0. The summed E-state index contributed by atoms with van der Waals surface area (Å²) in [6.45, 7) is 0. The number of hydrogen-bond donors (Lipinski definition) is 1. The van der Waals surface area contributed by atoms with Gasteiger partial charge in [-0.2, -0.15) is 0 Å². The third-order valence-corrected chi connectivity index (χ3v) is 5.77. The van der Waals surface area contributed by atoms with E-state index in [-0.39, 0.29) is 11.9 Å². The van der Waals surface area contributed by atoms with Crippen LogP contribution >= 0.6 is 11.3 Å². The summed E-state index contributed by atoms with van der Waals surface area (Å²) in [6.07, 6.45) is 4.13. The van der Waals surface area contributed by atoms with Crippen molar-refractivity contribution in [3.05, 3.63) is 48.2 Å². The summed E-state index contributed by atoms with van der Waals surface area (Å²) in [5.74, 6) is 1.03. The lowest BCUT2D eigenvalue weighted by Gasteiger charge is -2.41. The van der Waals surface area contributed by atoms with E-state index in [0.29, 0.717) is 12.5 Å². The molecule has 0 bridgehead atoms. The van der Waals surface area contributed by atoms with Crippen molar-refractivity contribution in [1.29, 1.82) is 0 Å². The predicted octanol–water partition coefficient (Wildman–Crippen LogP) is 3.22. The van der Waals surface area contributed by atoms with Gasteiger partial charge in [0.1, 0.15) is 5.82 Å². The summed E-state index contributed by atoms with van der Waals surface area (Å²) in [6, 6.07) is 12.7. The maximum absolute atomic E-state index is 12.3. The third-order valence-electron chi connectivity index (χ3n) is 4.81. The molecular formula is C18H16N4OS. The Morgan fingerprint density at radius 3 is 2.92 bits per heavy atom. The standard InChI is InChI=1S/C18H16N4OS/c23-16-8-11-4-3-7-19-17(11)22(16)13-9-12(10-13)20-18-21-14-5-1-2-6-15(14)24-18/h1-7,12-13H,8-10H2,(H,20,21)/t12-,13-. The van der Waals surface area contributed by atoms with E-state index in [0.717, 1.165) is 34.9 Å².